The molecule has 2 amide bonds. The predicted molar refractivity (Wildman–Crippen MR) is 118 cm³/mol. The van der Waals surface area contributed by atoms with Crippen molar-refractivity contribution in [2.75, 3.05) is 52.5 Å². The zero-order valence-electron chi connectivity index (χ0n) is 19.1. The average Bonchev–Trinajstić information content (AvgIpc) is 2.79. The van der Waals surface area contributed by atoms with Gasteiger partial charge < -0.3 is 19.3 Å². The summed E-state index contributed by atoms with van der Waals surface area (Å²) in [5.74, 6) is -0.107. The number of morpholine rings is 2. The molecular weight excluding hydrogens is 477 g/mol. The van der Waals surface area contributed by atoms with Crippen LogP contribution < -0.4 is 0 Å². The number of carbonyl (C=O) groups is 2. The van der Waals surface area contributed by atoms with Crippen LogP contribution in [-0.2, 0) is 31.8 Å². The van der Waals surface area contributed by atoms with Crippen LogP contribution >= 0.6 is 12.4 Å². The number of alkyl halides is 3. The highest BCUT2D eigenvalue weighted by Gasteiger charge is 2.45. The van der Waals surface area contributed by atoms with E-state index in [0.717, 1.165) is 12.3 Å². The molecular formula is C22H30ClF3N4O4. The number of rotatable bonds is 4. The first-order valence-electron chi connectivity index (χ1n) is 11.2. The van der Waals surface area contributed by atoms with E-state index in [9.17, 15) is 22.8 Å². The maximum atomic E-state index is 12.8. The second kappa shape index (κ2) is 10.8. The number of amides is 2. The number of hydrogen-bond donors (Lipinski definition) is 0. The monoisotopic (exact) mass is 506 g/mol. The topological polar surface area (TPSA) is 75.2 Å². The summed E-state index contributed by atoms with van der Waals surface area (Å²) in [6.45, 7) is 6.24. The first-order chi connectivity index (χ1) is 15.7. The summed E-state index contributed by atoms with van der Waals surface area (Å²) in [6, 6.07) is 2.29. The van der Waals surface area contributed by atoms with Crippen LogP contribution in [0.4, 0.5) is 13.2 Å². The van der Waals surface area contributed by atoms with Crippen molar-refractivity contribution in [1.82, 2.24) is 19.7 Å². The minimum Gasteiger partial charge on any atom is -0.378 e. The van der Waals surface area contributed by atoms with Crippen molar-refractivity contribution in [1.29, 1.82) is 0 Å². The number of piperidine rings is 1. The zero-order chi connectivity index (χ0) is 23.6. The van der Waals surface area contributed by atoms with Crippen molar-refractivity contribution >= 4 is 24.2 Å². The summed E-state index contributed by atoms with van der Waals surface area (Å²) in [4.78, 5) is 34.7. The molecule has 1 unspecified atom stereocenters. The molecule has 0 bridgehead atoms. The molecule has 1 aromatic rings. The molecule has 8 nitrogen and oxygen atoms in total. The number of pyridine rings is 1. The first-order valence-corrected chi connectivity index (χ1v) is 11.2. The van der Waals surface area contributed by atoms with E-state index in [0.29, 0.717) is 71.0 Å². The quantitative estimate of drug-likeness (QED) is 0.621. The molecule has 3 aliphatic heterocycles. The second-order valence-corrected chi connectivity index (χ2v) is 8.94. The highest BCUT2D eigenvalue weighted by Crippen LogP contribution is 2.34. The fraction of sp³-hybridized carbons (Fsp3) is 0.682. The molecule has 4 rings (SSSR count). The molecule has 1 aromatic heterocycles. The summed E-state index contributed by atoms with van der Waals surface area (Å²) < 4.78 is 49.8. The minimum atomic E-state index is -4.45. The van der Waals surface area contributed by atoms with Crippen molar-refractivity contribution in [3.05, 3.63) is 29.6 Å². The van der Waals surface area contributed by atoms with Gasteiger partial charge in [0.05, 0.1) is 49.7 Å². The molecule has 0 aromatic carbocycles. The summed E-state index contributed by atoms with van der Waals surface area (Å²) in [7, 11) is 0. The van der Waals surface area contributed by atoms with E-state index in [1.807, 2.05) is 4.90 Å². The van der Waals surface area contributed by atoms with Crippen molar-refractivity contribution in [3.63, 3.8) is 0 Å². The summed E-state index contributed by atoms with van der Waals surface area (Å²) in [6.07, 6.45) is -2.97. The Hall–Kier alpha value is -1.95. The molecule has 3 saturated heterocycles. The molecule has 1 spiro atoms. The van der Waals surface area contributed by atoms with Crippen LogP contribution in [-0.4, -0.2) is 95.7 Å². The van der Waals surface area contributed by atoms with Gasteiger partial charge in [0.25, 0.3) is 5.91 Å². The van der Waals surface area contributed by atoms with E-state index in [-0.39, 0.29) is 30.8 Å². The molecule has 34 heavy (non-hydrogen) atoms. The zero-order valence-corrected chi connectivity index (χ0v) is 19.9. The highest BCUT2D eigenvalue weighted by molar-refractivity contribution is 5.85. The molecule has 3 aliphatic rings. The fourth-order valence-electron chi connectivity index (χ4n) is 4.66. The van der Waals surface area contributed by atoms with Crippen molar-refractivity contribution in [3.8, 4) is 0 Å². The van der Waals surface area contributed by atoms with Gasteiger partial charge in [-0.25, -0.2) is 0 Å². The standard InChI is InChI=1S/C22H29F3N4O4.ClH/c1-16-20(31)29(13-18-3-2-17(12-26-18)22(23,24)25)15-21(33-16)4-6-27(7-5-21)14-19(30)28-8-10-32-11-9-28;/h2-3,12,16H,4-11,13-15H2,1H3;1H. The van der Waals surface area contributed by atoms with Crippen LogP contribution in [0.3, 0.4) is 0 Å². The van der Waals surface area contributed by atoms with Gasteiger partial charge >= 0.3 is 6.18 Å². The maximum Gasteiger partial charge on any atom is 0.417 e. The van der Waals surface area contributed by atoms with Gasteiger partial charge in [-0.05, 0) is 31.9 Å². The second-order valence-electron chi connectivity index (χ2n) is 8.94. The lowest BCUT2D eigenvalue weighted by molar-refractivity contribution is -0.191. The Morgan fingerprint density at radius 1 is 1.18 bits per heavy atom. The van der Waals surface area contributed by atoms with E-state index in [2.05, 4.69) is 9.88 Å². The number of aromatic nitrogens is 1. The van der Waals surface area contributed by atoms with Crippen molar-refractivity contribution < 1.29 is 32.2 Å². The highest BCUT2D eigenvalue weighted by atomic mass is 35.5. The van der Waals surface area contributed by atoms with Gasteiger partial charge in [0.2, 0.25) is 5.91 Å². The Kier molecular flexibility index (Phi) is 8.43. The maximum absolute atomic E-state index is 12.8. The predicted octanol–water partition coefficient (Wildman–Crippen LogP) is 1.96. The number of nitrogens with zero attached hydrogens (tertiary/aromatic N) is 4. The van der Waals surface area contributed by atoms with Crippen LogP contribution in [0.2, 0.25) is 0 Å². The van der Waals surface area contributed by atoms with Gasteiger partial charge in [0.15, 0.2) is 0 Å². The first kappa shape index (κ1) is 26.7. The van der Waals surface area contributed by atoms with E-state index in [1.165, 1.54) is 6.07 Å². The molecule has 0 saturated carbocycles. The number of ether oxygens (including phenoxy) is 2. The van der Waals surface area contributed by atoms with Crippen LogP contribution in [0, 0.1) is 0 Å². The molecule has 4 heterocycles. The third-order valence-electron chi connectivity index (χ3n) is 6.56. The normalized spacial score (nSPS) is 23.6. The van der Waals surface area contributed by atoms with Gasteiger partial charge in [0.1, 0.15) is 6.10 Å². The lowest BCUT2D eigenvalue weighted by Crippen LogP contribution is -2.61. The minimum absolute atomic E-state index is 0. The largest absolute Gasteiger partial charge is 0.417 e. The number of hydrogen-bond acceptors (Lipinski definition) is 6. The number of likely N-dealkylation sites (tertiary alicyclic amines) is 1. The SMILES string of the molecule is CC1OC2(CCN(CC(=O)N3CCOCC3)CC2)CN(Cc2ccc(C(F)(F)F)cn2)C1=O.Cl. The van der Waals surface area contributed by atoms with E-state index < -0.39 is 23.4 Å². The Balaban J connectivity index is 0.00000324. The van der Waals surface area contributed by atoms with Gasteiger partial charge in [-0.1, -0.05) is 0 Å². The van der Waals surface area contributed by atoms with Gasteiger partial charge in [-0.2, -0.15) is 13.2 Å². The van der Waals surface area contributed by atoms with Gasteiger partial charge in [-0.3, -0.25) is 19.5 Å². The van der Waals surface area contributed by atoms with Crippen molar-refractivity contribution in [2.24, 2.45) is 0 Å². The van der Waals surface area contributed by atoms with Gasteiger partial charge in [0, 0.05) is 32.4 Å². The molecule has 3 fully saturated rings. The van der Waals surface area contributed by atoms with E-state index in [4.69, 9.17) is 9.47 Å². The summed E-state index contributed by atoms with van der Waals surface area (Å²) >= 11 is 0. The lowest BCUT2D eigenvalue weighted by Gasteiger charge is -2.49. The van der Waals surface area contributed by atoms with E-state index >= 15 is 0 Å². The van der Waals surface area contributed by atoms with Crippen LogP contribution in [0.25, 0.3) is 0 Å². The number of halogens is 4. The Bertz CT molecular complexity index is 857. The third kappa shape index (κ3) is 6.18. The Labute approximate surface area is 202 Å². The number of carbonyl (C=O) groups excluding carboxylic acids is 2. The fourth-order valence-corrected chi connectivity index (χ4v) is 4.66. The molecule has 0 N–H and O–H groups in total. The molecule has 190 valence electrons. The van der Waals surface area contributed by atoms with Crippen LogP contribution in [0.1, 0.15) is 31.0 Å². The molecule has 0 aliphatic carbocycles. The summed E-state index contributed by atoms with van der Waals surface area (Å²) in [5.41, 5.74) is -0.949. The van der Waals surface area contributed by atoms with Crippen LogP contribution in [0.15, 0.2) is 18.3 Å². The average molecular weight is 507 g/mol. The lowest BCUT2D eigenvalue weighted by atomic mass is 9.88. The molecule has 0 radical (unpaired) electrons. The smallest absolute Gasteiger partial charge is 0.378 e. The Morgan fingerprint density at radius 3 is 2.44 bits per heavy atom. The summed E-state index contributed by atoms with van der Waals surface area (Å²) in [5, 5.41) is 0. The van der Waals surface area contributed by atoms with Crippen LogP contribution in [0.5, 0.6) is 0 Å². The third-order valence-corrected chi connectivity index (χ3v) is 6.56. The molecule has 12 heteroatoms. The van der Waals surface area contributed by atoms with E-state index in [1.54, 1.807) is 11.8 Å². The van der Waals surface area contributed by atoms with Gasteiger partial charge in [-0.15, -0.1) is 12.4 Å². The molecule has 1 atom stereocenters. The van der Waals surface area contributed by atoms with Crippen molar-refractivity contribution in [2.45, 2.75) is 44.2 Å². The Morgan fingerprint density at radius 2 is 1.85 bits per heavy atom.